The van der Waals surface area contributed by atoms with Gasteiger partial charge in [0.05, 0.1) is 6.26 Å². The molecule has 0 saturated carbocycles. The van der Waals surface area contributed by atoms with Gasteiger partial charge in [-0.3, -0.25) is 4.79 Å². The minimum atomic E-state index is 0.0648. The molecule has 0 fully saturated rings. The summed E-state index contributed by atoms with van der Waals surface area (Å²) < 4.78 is 5.51. The Hall–Kier alpha value is -0.900. The predicted molar refractivity (Wildman–Crippen MR) is 70.1 cm³/mol. The molecule has 4 heteroatoms. The second-order valence-corrected chi connectivity index (χ2v) is 5.88. The van der Waals surface area contributed by atoms with E-state index >= 15 is 0 Å². The predicted octanol–water partition coefficient (Wildman–Crippen LogP) is 2.51. The van der Waals surface area contributed by atoms with Crippen molar-refractivity contribution in [3.63, 3.8) is 0 Å². The third-order valence-electron chi connectivity index (χ3n) is 3.14. The lowest BCUT2D eigenvalue weighted by atomic mass is 9.88. The lowest BCUT2D eigenvalue weighted by Crippen LogP contribution is -2.37. The van der Waals surface area contributed by atoms with E-state index in [0.717, 1.165) is 24.3 Å². The van der Waals surface area contributed by atoms with Crippen molar-refractivity contribution in [2.24, 2.45) is 5.41 Å². The lowest BCUT2D eigenvalue weighted by Gasteiger charge is -2.29. The summed E-state index contributed by atoms with van der Waals surface area (Å²) in [5.74, 6) is 1.81. The highest BCUT2D eigenvalue weighted by atomic mass is 32.1. The fraction of sp³-hybridized carbons (Fsp3) is 0.615. The molecule has 2 rings (SSSR count). The normalized spacial score (nSPS) is 18.6. The van der Waals surface area contributed by atoms with E-state index in [1.165, 1.54) is 0 Å². The monoisotopic (exact) mass is 253 g/mol. The molecule has 0 atom stereocenters. The van der Waals surface area contributed by atoms with E-state index in [9.17, 15) is 4.79 Å². The molecule has 0 aromatic carbocycles. The number of carbonyl (C=O) groups is 1. The Kier molecular flexibility index (Phi) is 3.52. The van der Waals surface area contributed by atoms with Gasteiger partial charge in [0.1, 0.15) is 5.76 Å². The van der Waals surface area contributed by atoms with Crippen molar-refractivity contribution in [3.8, 4) is 0 Å². The van der Waals surface area contributed by atoms with E-state index in [1.807, 2.05) is 11.0 Å². The Morgan fingerprint density at radius 2 is 2.35 bits per heavy atom. The maximum atomic E-state index is 12.0. The number of hydrogen-bond donors (Lipinski definition) is 1. The van der Waals surface area contributed by atoms with Gasteiger partial charge in [-0.2, -0.15) is 12.6 Å². The highest BCUT2D eigenvalue weighted by molar-refractivity contribution is 7.80. The molecule has 0 spiro atoms. The number of hydrogen-bond acceptors (Lipinski definition) is 3. The average molecular weight is 253 g/mol. The number of fused-ring (bicyclic) bond motifs is 1. The van der Waals surface area contributed by atoms with Gasteiger partial charge >= 0.3 is 0 Å². The molecule has 0 aliphatic carbocycles. The number of rotatable bonds is 2. The molecule has 0 radical (unpaired) electrons. The molecular formula is C13H19NO2S. The van der Waals surface area contributed by atoms with Crippen molar-refractivity contribution in [2.45, 2.75) is 33.2 Å². The second-order valence-electron chi connectivity index (χ2n) is 5.43. The minimum Gasteiger partial charge on any atom is -0.469 e. The van der Waals surface area contributed by atoms with Crippen LogP contribution in [0.25, 0.3) is 0 Å². The highest BCUT2D eigenvalue weighted by Gasteiger charge is 2.31. The standard InChI is InChI=1S/C13H19NO2S/c1-13(2)7-11-10(3-5-16-11)8-14(9-13)12(15)4-6-17/h3,5,17H,4,6-9H2,1-2H3. The van der Waals surface area contributed by atoms with Crippen molar-refractivity contribution in [2.75, 3.05) is 12.3 Å². The van der Waals surface area contributed by atoms with Gasteiger partial charge in [-0.05, 0) is 17.2 Å². The van der Waals surface area contributed by atoms with Gasteiger partial charge in [0.25, 0.3) is 0 Å². The maximum absolute atomic E-state index is 12.0. The van der Waals surface area contributed by atoms with Crippen LogP contribution in [0, 0.1) is 5.41 Å². The average Bonchev–Trinajstić information content (AvgIpc) is 2.59. The summed E-state index contributed by atoms with van der Waals surface area (Å²) in [5, 5.41) is 0. The lowest BCUT2D eigenvalue weighted by molar-refractivity contribution is -0.132. The molecule has 0 N–H and O–H groups in total. The van der Waals surface area contributed by atoms with Crippen LogP contribution in [0.5, 0.6) is 0 Å². The van der Waals surface area contributed by atoms with E-state index in [-0.39, 0.29) is 11.3 Å². The van der Waals surface area contributed by atoms with Crippen LogP contribution >= 0.6 is 12.6 Å². The van der Waals surface area contributed by atoms with Crippen molar-refractivity contribution in [3.05, 3.63) is 23.7 Å². The Balaban J connectivity index is 2.23. The smallest absolute Gasteiger partial charge is 0.223 e. The van der Waals surface area contributed by atoms with Gasteiger partial charge in [0.15, 0.2) is 0 Å². The van der Waals surface area contributed by atoms with E-state index in [2.05, 4.69) is 26.5 Å². The van der Waals surface area contributed by atoms with Crippen molar-refractivity contribution in [1.29, 1.82) is 0 Å². The molecule has 1 amide bonds. The fourth-order valence-corrected chi connectivity index (χ4v) is 2.55. The molecule has 1 aliphatic rings. The molecular weight excluding hydrogens is 234 g/mol. The Morgan fingerprint density at radius 1 is 1.59 bits per heavy atom. The fourth-order valence-electron chi connectivity index (χ4n) is 2.36. The van der Waals surface area contributed by atoms with Gasteiger partial charge in [-0.1, -0.05) is 13.8 Å². The number of thiol groups is 1. The Morgan fingerprint density at radius 3 is 3.06 bits per heavy atom. The van der Waals surface area contributed by atoms with Crippen molar-refractivity contribution < 1.29 is 9.21 Å². The van der Waals surface area contributed by atoms with Gasteiger partial charge < -0.3 is 9.32 Å². The molecule has 1 aromatic heterocycles. The van der Waals surface area contributed by atoms with Gasteiger partial charge in [-0.15, -0.1) is 0 Å². The molecule has 1 aliphatic heterocycles. The summed E-state index contributed by atoms with van der Waals surface area (Å²) in [7, 11) is 0. The van der Waals surface area contributed by atoms with Crippen LogP contribution in [0.3, 0.4) is 0 Å². The van der Waals surface area contributed by atoms with Gasteiger partial charge in [0, 0.05) is 31.5 Å². The van der Waals surface area contributed by atoms with Crippen LogP contribution in [0.2, 0.25) is 0 Å². The molecule has 1 aromatic rings. The van der Waals surface area contributed by atoms with Crippen molar-refractivity contribution in [1.82, 2.24) is 4.90 Å². The first-order valence-electron chi connectivity index (χ1n) is 5.96. The molecule has 0 bridgehead atoms. The third-order valence-corrected chi connectivity index (χ3v) is 3.36. The van der Waals surface area contributed by atoms with Crippen molar-refractivity contribution >= 4 is 18.5 Å². The van der Waals surface area contributed by atoms with Crippen LogP contribution in [0.15, 0.2) is 16.7 Å². The first-order chi connectivity index (χ1) is 8.02. The minimum absolute atomic E-state index is 0.0648. The number of furan rings is 1. The number of carbonyl (C=O) groups excluding carboxylic acids is 1. The maximum Gasteiger partial charge on any atom is 0.223 e. The highest BCUT2D eigenvalue weighted by Crippen LogP contribution is 2.30. The number of nitrogens with zero attached hydrogens (tertiary/aromatic N) is 1. The summed E-state index contributed by atoms with van der Waals surface area (Å²) in [5.41, 5.74) is 1.21. The van der Waals surface area contributed by atoms with E-state index < -0.39 is 0 Å². The molecule has 2 heterocycles. The zero-order valence-electron chi connectivity index (χ0n) is 10.4. The van der Waals surface area contributed by atoms with Crippen LogP contribution < -0.4 is 0 Å². The Labute approximate surface area is 108 Å². The van der Waals surface area contributed by atoms with Crippen LogP contribution in [-0.2, 0) is 17.8 Å². The topological polar surface area (TPSA) is 33.5 Å². The zero-order chi connectivity index (χ0) is 12.5. The van der Waals surface area contributed by atoms with E-state index in [0.29, 0.717) is 18.7 Å². The van der Waals surface area contributed by atoms with Gasteiger partial charge in [-0.25, -0.2) is 0 Å². The van der Waals surface area contributed by atoms with E-state index in [4.69, 9.17) is 4.42 Å². The number of amides is 1. The molecule has 0 saturated heterocycles. The molecule has 3 nitrogen and oxygen atoms in total. The van der Waals surface area contributed by atoms with Crippen LogP contribution in [0.1, 0.15) is 31.6 Å². The summed E-state index contributed by atoms with van der Waals surface area (Å²) in [4.78, 5) is 13.9. The van der Waals surface area contributed by atoms with Crippen LogP contribution in [0.4, 0.5) is 0 Å². The third kappa shape index (κ3) is 2.86. The van der Waals surface area contributed by atoms with Gasteiger partial charge in [0.2, 0.25) is 5.91 Å². The SMILES string of the molecule is CC1(C)Cc2occc2CN(C(=O)CCS)C1. The zero-order valence-corrected chi connectivity index (χ0v) is 11.3. The summed E-state index contributed by atoms with van der Waals surface area (Å²) in [6.07, 6.45) is 3.11. The summed E-state index contributed by atoms with van der Waals surface area (Å²) in [6.45, 7) is 5.79. The van der Waals surface area contributed by atoms with Crippen LogP contribution in [-0.4, -0.2) is 23.1 Å². The van der Waals surface area contributed by atoms with E-state index in [1.54, 1.807) is 6.26 Å². The first kappa shape index (κ1) is 12.6. The summed E-state index contributed by atoms with van der Waals surface area (Å²) >= 11 is 4.13. The Bertz CT molecular complexity index is 411. The second kappa shape index (κ2) is 4.77. The first-order valence-corrected chi connectivity index (χ1v) is 6.59. The largest absolute Gasteiger partial charge is 0.469 e. The molecule has 94 valence electrons. The quantitative estimate of drug-likeness (QED) is 0.822. The molecule has 0 unspecified atom stereocenters. The summed E-state index contributed by atoms with van der Waals surface area (Å²) in [6, 6.07) is 1.97. The molecule has 17 heavy (non-hydrogen) atoms.